The lowest BCUT2D eigenvalue weighted by molar-refractivity contribution is 0.206. The lowest BCUT2D eigenvalue weighted by Crippen LogP contribution is -2.30. The van der Waals surface area contributed by atoms with Crippen molar-refractivity contribution in [1.82, 2.24) is 9.88 Å². The second-order valence-corrected chi connectivity index (χ2v) is 5.77. The molecule has 0 atom stereocenters. The fraction of sp³-hybridized carbons (Fsp3) is 0.357. The van der Waals surface area contributed by atoms with Crippen LogP contribution in [-0.4, -0.2) is 15.9 Å². The average molecular weight is 276 g/mol. The topological polar surface area (TPSA) is 54.2 Å². The van der Waals surface area contributed by atoms with Gasteiger partial charge in [0.1, 0.15) is 5.82 Å². The van der Waals surface area contributed by atoms with Gasteiger partial charge in [-0.15, -0.1) is 11.3 Å². The summed E-state index contributed by atoms with van der Waals surface area (Å²) >= 11 is 1.79. The highest BCUT2D eigenvalue weighted by atomic mass is 32.1. The summed E-state index contributed by atoms with van der Waals surface area (Å²) in [7, 11) is 0. The smallest absolute Gasteiger partial charge is 0.144 e. The first-order chi connectivity index (χ1) is 9.20. The van der Waals surface area contributed by atoms with Crippen LogP contribution in [0.15, 0.2) is 35.8 Å². The van der Waals surface area contributed by atoms with Crippen LogP contribution < -0.4 is 11.3 Å². The maximum atomic E-state index is 5.51. The Kier molecular flexibility index (Phi) is 4.90. The molecule has 2 heterocycles. The number of aromatic nitrogens is 1. The molecule has 0 bridgehead atoms. The molecular weight excluding hydrogens is 256 g/mol. The predicted molar refractivity (Wildman–Crippen MR) is 80.7 cm³/mol. The van der Waals surface area contributed by atoms with E-state index >= 15 is 0 Å². The molecule has 3 N–H and O–H groups in total. The molecule has 0 saturated heterocycles. The van der Waals surface area contributed by atoms with Crippen molar-refractivity contribution in [1.29, 1.82) is 0 Å². The van der Waals surface area contributed by atoms with Gasteiger partial charge in [-0.05, 0) is 31.4 Å². The SMILES string of the molecule is CC(C)N(Cc1cccs1)Cc1cccnc1NN. The monoisotopic (exact) mass is 276 g/mol. The van der Waals surface area contributed by atoms with Gasteiger partial charge in [0, 0.05) is 35.8 Å². The van der Waals surface area contributed by atoms with Gasteiger partial charge in [-0.1, -0.05) is 12.1 Å². The maximum Gasteiger partial charge on any atom is 0.144 e. The first-order valence-corrected chi connectivity index (χ1v) is 7.25. The van der Waals surface area contributed by atoms with E-state index in [0.717, 1.165) is 24.5 Å². The number of hydrazine groups is 1. The number of thiophene rings is 1. The molecular formula is C14H20N4S. The molecule has 19 heavy (non-hydrogen) atoms. The van der Waals surface area contributed by atoms with Crippen molar-refractivity contribution < 1.29 is 0 Å². The predicted octanol–water partition coefficient (Wildman–Crippen LogP) is 2.84. The molecule has 5 heteroatoms. The summed E-state index contributed by atoms with van der Waals surface area (Å²) < 4.78 is 0. The molecule has 0 radical (unpaired) electrons. The van der Waals surface area contributed by atoms with Crippen LogP contribution in [0.25, 0.3) is 0 Å². The summed E-state index contributed by atoms with van der Waals surface area (Å²) in [6, 6.07) is 8.74. The molecule has 102 valence electrons. The van der Waals surface area contributed by atoms with Gasteiger partial charge in [-0.3, -0.25) is 4.90 Å². The highest BCUT2D eigenvalue weighted by molar-refractivity contribution is 7.09. The van der Waals surface area contributed by atoms with Crippen molar-refractivity contribution in [2.45, 2.75) is 33.0 Å². The third-order valence-electron chi connectivity index (χ3n) is 3.07. The van der Waals surface area contributed by atoms with Crippen LogP contribution in [0.4, 0.5) is 5.82 Å². The first-order valence-electron chi connectivity index (χ1n) is 6.37. The minimum absolute atomic E-state index is 0.466. The number of nitrogens with zero attached hydrogens (tertiary/aromatic N) is 2. The van der Waals surface area contributed by atoms with E-state index in [1.54, 1.807) is 17.5 Å². The van der Waals surface area contributed by atoms with Crippen molar-refractivity contribution >= 4 is 17.2 Å². The molecule has 0 amide bonds. The average Bonchev–Trinajstić information content (AvgIpc) is 2.91. The van der Waals surface area contributed by atoms with E-state index in [1.807, 2.05) is 6.07 Å². The number of rotatable bonds is 6. The van der Waals surface area contributed by atoms with Gasteiger partial charge < -0.3 is 5.43 Å². The molecule has 0 aliphatic rings. The van der Waals surface area contributed by atoms with Crippen molar-refractivity contribution in [2.75, 3.05) is 5.43 Å². The molecule has 4 nitrogen and oxygen atoms in total. The first kappa shape index (κ1) is 14.0. The Morgan fingerprint density at radius 1 is 1.32 bits per heavy atom. The Hall–Kier alpha value is -1.43. The number of nitrogen functional groups attached to an aromatic ring is 1. The molecule has 2 rings (SSSR count). The van der Waals surface area contributed by atoms with Crippen LogP contribution >= 0.6 is 11.3 Å². The van der Waals surface area contributed by atoms with Crippen LogP contribution in [0.5, 0.6) is 0 Å². The summed E-state index contributed by atoms with van der Waals surface area (Å²) in [5, 5.41) is 2.12. The van der Waals surface area contributed by atoms with Crippen LogP contribution in [0, 0.1) is 0 Å². The molecule has 0 aromatic carbocycles. The molecule has 0 saturated carbocycles. The largest absolute Gasteiger partial charge is 0.308 e. The Labute approximate surface area is 118 Å². The maximum absolute atomic E-state index is 5.51. The second kappa shape index (κ2) is 6.65. The molecule has 0 aliphatic heterocycles. The zero-order chi connectivity index (χ0) is 13.7. The van der Waals surface area contributed by atoms with E-state index in [9.17, 15) is 0 Å². The minimum atomic E-state index is 0.466. The van der Waals surface area contributed by atoms with Crippen LogP contribution in [0.1, 0.15) is 24.3 Å². The van der Waals surface area contributed by atoms with E-state index in [-0.39, 0.29) is 0 Å². The summed E-state index contributed by atoms with van der Waals surface area (Å²) in [6.07, 6.45) is 1.75. The van der Waals surface area contributed by atoms with E-state index in [4.69, 9.17) is 5.84 Å². The summed E-state index contributed by atoms with van der Waals surface area (Å²) in [4.78, 5) is 8.03. The van der Waals surface area contributed by atoms with E-state index in [0.29, 0.717) is 6.04 Å². The van der Waals surface area contributed by atoms with Crippen LogP contribution in [0.2, 0.25) is 0 Å². The molecule has 0 aliphatic carbocycles. The van der Waals surface area contributed by atoms with Gasteiger partial charge in [0.25, 0.3) is 0 Å². The molecule has 2 aromatic rings. The van der Waals surface area contributed by atoms with E-state index < -0.39 is 0 Å². The Morgan fingerprint density at radius 2 is 2.16 bits per heavy atom. The van der Waals surface area contributed by atoms with Gasteiger partial charge in [0.15, 0.2) is 0 Å². The lowest BCUT2D eigenvalue weighted by Gasteiger charge is -2.26. The second-order valence-electron chi connectivity index (χ2n) is 4.73. The highest BCUT2D eigenvalue weighted by Gasteiger charge is 2.13. The number of pyridine rings is 1. The van der Waals surface area contributed by atoms with Gasteiger partial charge in [-0.25, -0.2) is 10.8 Å². The number of nitrogens with two attached hydrogens (primary N) is 1. The van der Waals surface area contributed by atoms with Crippen LogP contribution in [-0.2, 0) is 13.1 Å². The number of nitrogens with one attached hydrogen (secondary N) is 1. The summed E-state index contributed by atoms with van der Waals surface area (Å²) in [6.45, 7) is 6.20. The normalized spacial score (nSPS) is 11.2. The van der Waals surface area contributed by atoms with Gasteiger partial charge >= 0.3 is 0 Å². The van der Waals surface area contributed by atoms with Crippen LogP contribution in [0.3, 0.4) is 0 Å². The zero-order valence-corrected chi connectivity index (χ0v) is 12.2. The summed E-state index contributed by atoms with van der Waals surface area (Å²) in [5.41, 5.74) is 3.78. The van der Waals surface area contributed by atoms with E-state index in [1.165, 1.54) is 4.88 Å². The Morgan fingerprint density at radius 3 is 2.79 bits per heavy atom. The molecule has 0 unspecified atom stereocenters. The fourth-order valence-corrected chi connectivity index (χ4v) is 2.67. The van der Waals surface area contributed by atoms with Gasteiger partial charge in [0.2, 0.25) is 0 Å². The van der Waals surface area contributed by atoms with E-state index in [2.05, 4.69) is 52.7 Å². The quantitative estimate of drug-likeness (QED) is 0.629. The van der Waals surface area contributed by atoms with Crippen molar-refractivity contribution in [3.63, 3.8) is 0 Å². The van der Waals surface area contributed by atoms with Crippen molar-refractivity contribution in [3.8, 4) is 0 Å². The number of hydrogen-bond acceptors (Lipinski definition) is 5. The third kappa shape index (κ3) is 3.76. The highest BCUT2D eigenvalue weighted by Crippen LogP contribution is 2.19. The Balaban J connectivity index is 2.12. The van der Waals surface area contributed by atoms with Gasteiger partial charge in [0.05, 0.1) is 0 Å². The standard InChI is InChI=1S/C14H20N4S/c1-11(2)18(10-13-6-4-8-19-13)9-12-5-3-7-16-14(12)17-15/h3-8,11H,9-10,15H2,1-2H3,(H,16,17). The Bertz CT molecular complexity index is 496. The lowest BCUT2D eigenvalue weighted by atomic mass is 10.2. The summed E-state index contributed by atoms with van der Waals surface area (Å²) in [5.74, 6) is 6.26. The molecule has 2 aromatic heterocycles. The third-order valence-corrected chi connectivity index (χ3v) is 3.93. The zero-order valence-electron chi connectivity index (χ0n) is 11.3. The number of anilines is 1. The molecule has 0 fully saturated rings. The minimum Gasteiger partial charge on any atom is -0.308 e. The van der Waals surface area contributed by atoms with Crippen molar-refractivity contribution in [3.05, 3.63) is 46.3 Å². The van der Waals surface area contributed by atoms with Gasteiger partial charge in [-0.2, -0.15) is 0 Å². The van der Waals surface area contributed by atoms with Crippen molar-refractivity contribution in [2.24, 2.45) is 5.84 Å². The fourth-order valence-electron chi connectivity index (χ4n) is 1.94. The molecule has 0 spiro atoms. The number of hydrogen-bond donors (Lipinski definition) is 2.